The smallest absolute Gasteiger partial charge is 0.269 e. The first-order valence-electron chi connectivity index (χ1n) is 7.30. The standard InChI is InChI=1S/C11H16N2O3S.C6H4/c1-12(2)8-7-11(14)17-10-5-3-9(4-6-10)13(15)16;1-2-6-4-3-5(1)6/h3-6,11,14H,7-8H2,1-2H3;1-4H. The Labute approximate surface area is 139 Å². The van der Waals surface area contributed by atoms with Gasteiger partial charge in [-0.1, -0.05) is 36.0 Å². The number of hydrogen-bond acceptors (Lipinski definition) is 5. The van der Waals surface area contributed by atoms with E-state index in [9.17, 15) is 15.2 Å². The van der Waals surface area contributed by atoms with E-state index in [4.69, 9.17) is 0 Å². The van der Waals surface area contributed by atoms with E-state index in [1.807, 2.05) is 19.0 Å². The average molecular weight is 332 g/mol. The number of nitrogens with zero attached hydrogens (tertiary/aromatic N) is 2. The van der Waals surface area contributed by atoms with Crippen LogP contribution in [0.4, 0.5) is 5.69 Å². The fourth-order valence-electron chi connectivity index (χ4n) is 1.89. The molecule has 0 bridgehead atoms. The van der Waals surface area contributed by atoms with Crippen LogP contribution < -0.4 is 0 Å². The third-order valence-electron chi connectivity index (χ3n) is 3.36. The molecule has 0 spiro atoms. The first kappa shape index (κ1) is 17.5. The summed E-state index contributed by atoms with van der Waals surface area (Å²) in [6.07, 6.45) is 0.661. The van der Waals surface area contributed by atoms with Gasteiger partial charge in [-0.2, -0.15) is 0 Å². The second-order valence-corrected chi connectivity index (χ2v) is 6.74. The van der Waals surface area contributed by atoms with Crippen molar-refractivity contribution in [3.05, 3.63) is 69.1 Å². The van der Waals surface area contributed by atoms with Crippen molar-refractivity contribution < 1.29 is 10.0 Å². The molecule has 122 valence electrons. The molecule has 23 heavy (non-hydrogen) atoms. The first-order chi connectivity index (χ1) is 11.0. The summed E-state index contributed by atoms with van der Waals surface area (Å²) in [5.41, 5.74) is -0.420. The van der Waals surface area contributed by atoms with E-state index in [1.165, 1.54) is 34.3 Å². The van der Waals surface area contributed by atoms with Gasteiger partial charge in [0, 0.05) is 23.6 Å². The molecule has 1 aromatic carbocycles. The van der Waals surface area contributed by atoms with E-state index in [2.05, 4.69) is 24.3 Å². The van der Waals surface area contributed by atoms with E-state index >= 15 is 0 Å². The van der Waals surface area contributed by atoms with Gasteiger partial charge < -0.3 is 10.0 Å². The largest absolute Gasteiger partial charge is 0.382 e. The van der Waals surface area contributed by atoms with E-state index < -0.39 is 10.4 Å². The van der Waals surface area contributed by atoms with Gasteiger partial charge in [0.15, 0.2) is 0 Å². The summed E-state index contributed by atoms with van der Waals surface area (Å²) in [6, 6.07) is 14.7. The van der Waals surface area contributed by atoms with Gasteiger partial charge in [-0.3, -0.25) is 10.1 Å². The summed E-state index contributed by atoms with van der Waals surface area (Å²) in [5.74, 6) is 0. The SMILES string of the molecule is CN(C)CCC(O)Sc1ccc([N+](=O)[O-])cc1.c1cc2ccc1=2. The highest BCUT2D eigenvalue weighted by Crippen LogP contribution is 2.25. The highest BCUT2D eigenvalue weighted by atomic mass is 32.2. The Morgan fingerprint density at radius 1 is 1.09 bits per heavy atom. The van der Waals surface area contributed by atoms with E-state index in [1.54, 1.807) is 12.1 Å². The number of aliphatic hydroxyl groups excluding tert-OH is 1. The van der Waals surface area contributed by atoms with Crippen LogP contribution in [0.25, 0.3) is 0 Å². The number of rotatable bonds is 6. The Kier molecular flexibility index (Phi) is 6.15. The van der Waals surface area contributed by atoms with Crippen LogP contribution in [0.2, 0.25) is 0 Å². The fourth-order valence-corrected chi connectivity index (χ4v) is 2.72. The molecule has 0 saturated carbocycles. The molecule has 2 aliphatic carbocycles. The summed E-state index contributed by atoms with van der Waals surface area (Å²) >= 11 is 1.31. The Bertz CT molecular complexity index is 697. The number of nitro groups is 1. The lowest BCUT2D eigenvalue weighted by molar-refractivity contribution is -0.384. The van der Waals surface area contributed by atoms with Crippen LogP contribution in [-0.4, -0.2) is 41.0 Å². The zero-order valence-electron chi connectivity index (χ0n) is 13.2. The van der Waals surface area contributed by atoms with Crippen LogP contribution in [0.5, 0.6) is 0 Å². The number of aliphatic hydroxyl groups is 1. The van der Waals surface area contributed by atoms with Crippen molar-refractivity contribution in [1.82, 2.24) is 4.90 Å². The molecular formula is C17H20N2O3S. The fraction of sp³-hybridized carbons (Fsp3) is 0.294. The predicted octanol–water partition coefficient (Wildman–Crippen LogP) is 3.24. The zero-order valence-corrected chi connectivity index (χ0v) is 14.0. The maximum Gasteiger partial charge on any atom is 0.269 e. The van der Waals surface area contributed by atoms with E-state index in [-0.39, 0.29) is 5.69 Å². The molecule has 0 heterocycles. The Morgan fingerprint density at radius 3 is 1.96 bits per heavy atom. The molecule has 0 aliphatic heterocycles. The molecule has 5 nitrogen and oxygen atoms in total. The maximum absolute atomic E-state index is 10.5. The quantitative estimate of drug-likeness (QED) is 0.325. The molecule has 1 unspecified atom stereocenters. The van der Waals surface area contributed by atoms with Gasteiger partial charge >= 0.3 is 0 Å². The monoisotopic (exact) mass is 332 g/mol. The molecule has 2 aliphatic rings. The normalized spacial score (nSPS) is 12.3. The summed E-state index contributed by atoms with van der Waals surface area (Å²) in [6.45, 7) is 0.807. The predicted molar refractivity (Wildman–Crippen MR) is 92.2 cm³/mol. The van der Waals surface area contributed by atoms with Crippen molar-refractivity contribution >= 4 is 17.4 Å². The van der Waals surface area contributed by atoms with Crippen molar-refractivity contribution in [2.24, 2.45) is 0 Å². The van der Waals surface area contributed by atoms with Crippen molar-refractivity contribution in [3.63, 3.8) is 0 Å². The summed E-state index contributed by atoms with van der Waals surface area (Å²) in [4.78, 5) is 12.9. The third kappa shape index (κ3) is 5.35. The van der Waals surface area contributed by atoms with Gasteiger partial charge in [0.25, 0.3) is 5.69 Å². The lowest BCUT2D eigenvalue weighted by atomic mass is 10.1. The van der Waals surface area contributed by atoms with Gasteiger partial charge in [-0.05, 0) is 43.1 Å². The first-order valence-corrected chi connectivity index (χ1v) is 8.18. The zero-order chi connectivity index (χ0) is 16.8. The number of nitro benzene ring substituents is 1. The van der Waals surface area contributed by atoms with E-state index in [0.717, 1.165) is 11.4 Å². The van der Waals surface area contributed by atoms with Crippen molar-refractivity contribution in [2.45, 2.75) is 16.8 Å². The minimum absolute atomic E-state index is 0.0668. The van der Waals surface area contributed by atoms with Gasteiger partial charge in [0.05, 0.1) is 4.92 Å². The van der Waals surface area contributed by atoms with Crippen LogP contribution >= 0.6 is 11.8 Å². The molecule has 1 atom stereocenters. The minimum atomic E-state index is -0.487. The molecule has 0 fully saturated rings. The minimum Gasteiger partial charge on any atom is -0.382 e. The summed E-state index contributed by atoms with van der Waals surface area (Å²) in [7, 11) is 3.90. The molecule has 0 radical (unpaired) electrons. The topological polar surface area (TPSA) is 66.6 Å². The second-order valence-electron chi connectivity index (χ2n) is 5.49. The maximum atomic E-state index is 10.5. The summed E-state index contributed by atoms with van der Waals surface area (Å²) < 4.78 is 0. The highest BCUT2D eigenvalue weighted by Gasteiger charge is 2.09. The third-order valence-corrected chi connectivity index (χ3v) is 4.41. The molecule has 6 heteroatoms. The Hall–Kier alpha value is -1.89. The summed E-state index contributed by atoms with van der Waals surface area (Å²) in [5, 5.41) is 23.0. The molecule has 3 rings (SSSR count). The number of benzene rings is 2. The molecule has 1 N–H and O–H groups in total. The lowest BCUT2D eigenvalue weighted by Gasteiger charge is -2.13. The second kappa shape index (κ2) is 8.10. The Morgan fingerprint density at radius 2 is 1.61 bits per heavy atom. The van der Waals surface area contributed by atoms with Crippen molar-refractivity contribution in [1.29, 1.82) is 0 Å². The van der Waals surface area contributed by atoms with Crippen LogP contribution in [0.15, 0.2) is 53.4 Å². The molecular weight excluding hydrogens is 312 g/mol. The van der Waals surface area contributed by atoms with Gasteiger partial charge in [-0.15, -0.1) is 0 Å². The molecule has 1 aromatic rings. The van der Waals surface area contributed by atoms with Crippen molar-refractivity contribution in [2.75, 3.05) is 20.6 Å². The number of hydrogen-bond donors (Lipinski definition) is 1. The van der Waals surface area contributed by atoms with E-state index in [0.29, 0.717) is 6.42 Å². The molecule has 0 saturated heterocycles. The van der Waals surface area contributed by atoms with Crippen LogP contribution in [-0.2, 0) is 0 Å². The van der Waals surface area contributed by atoms with Gasteiger partial charge in [0.1, 0.15) is 5.44 Å². The van der Waals surface area contributed by atoms with Gasteiger partial charge in [-0.25, -0.2) is 0 Å². The lowest BCUT2D eigenvalue weighted by Crippen LogP contribution is -2.17. The molecule has 0 amide bonds. The Balaban J connectivity index is 0.000000260. The van der Waals surface area contributed by atoms with Crippen molar-refractivity contribution in [3.8, 4) is 0 Å². The average Bonchev–Trinajstić information content (AvgIpc) is 2.50. The number of non-ortho nitro benzene ring substituents is 1. The van der Waals surface area contributed by atoms with Crippen LogP contribution in [0.1, 0.15) is 6.42 Å². The number of thioether (sulfide) groups is 1. The molecule has 0 aromatic heterocycles. The highest BCUT2D eigenvalue weighted by molar-refractivity contribution is 7.99. The van der Waals surface area contributed by atoms with Gasteiger partial charge in [0.2, 0.25) is 0 Å². The van der Waals surface area contributed by atoms with Crippen LogP contribution in [0, 0.1) is 20.6 Å². The van der Waals surface area contributed by atoms with Crippen LogP contribution in [0.3, 0.4) is 0 Å².